The molecule has 25 heavy (non-hydrogen) atoms. The van der Waals surface area contributed by atoms with Crippen molar-refractivity contribution in [3.8, 4) is 0 Å². The van der Waals surface area contributed by atoms with Crippen molar-refractivity contribution < 1.29 is 4.79 Å². The van der Waals surface area contributed by atoms with Crippen LogP contribution in [0.15, 0.2) is 72.8 Å². The van der Waals surface area contributed by atoms with Gasteiger partial charge in [-0.2, -0.15) is 0 Å². The largest absolute Gasteiger partial charge is 0.326 e. The third kappa shape index (κ3) is 4.62. The summed E-state index contributed by atoms with van der Waals surface area (Å²) in [5, 5.41) is 4.18. The lowest BCUT2D eigenvalue weighted by Crippen LogP contribution is -2.15. The lowest BCUT2D eigenvalue weighted by atomic mass is 9.97. The minimum absolute atomic E-state index is 0.0519. The van der Waals surface area contributed by atoms with Crippen molar-refractivity contribution in [2.75, 3.05) is 5.32 Å². The van der Waals surface area contributed by atoms with Crippen LogP contribution in [0.3, 0.4) is 0 Å². The van der Waals surface area contributed by atoms with Gasteiger partial charge in [-0.1, -0.05) is 71.7 Å². The lowest BCUT2D eigenvalue weighted by molar-refractivity contribution is -0.115. The van der Waals surface area contributed by atoms with Gasteiger partial charge in [0.05, 0.1) is 6.42 Å². The fourth-order valence-electron chi connectivity index (χ4n) is 2.69. The molecular formula is C21H17Cl2NO. The summed E-state index contributed by atoms with van der Waals surface area (Å²) in [7, 11) is 0. The molecule has 0 bridgehead atoms. The first-order chi connectivity index (χ1) is 12.1. The number of nitrogens with one attached hydrogen (secondary N) is 1. The highest BCUT2D eigenvalue weighted by Gasteiger charge is 2.12. The van der Waals surface area contributed by atoms with Crippen molar-refractivity contribution >= 4 is 34.8 Å². The van der Waals surface area contributed by atoms with E-state index in [9.17, 15) is 4.79 Å². The highest BCUT2D eigenvalue weighted by Crippen LogP contribution is 2.28. The van der Waals surface area contributed by atoms with Crippen molar-refractivity contribution in [1.82, 2.24) is 0 Å². The Bertz CT molecular complexity index is 858. The molecule has 3 aromatic rings. The Hall–Kier alpha value is -2.29. The molecule has 0 spiro atoms. The maximum Gasteiger partial charge on any atom is 0.228 e. The maximum atomic E-state index is 12.4. The zero-order valence-corrected chi connectivity index (χ0v) is 15.0. The van der Waals surface area contributed by atoms with Crippen LogP contribution in [0, 0.1) is 0 Å². The molecule has 0 saturated carbocycles. The second-order valence-corrected chi connectivity index (χ2v) is 6.55. The number of para-hydroxylation sites is 1. The normalized spacial score (nSPS) is 10.5. The summed E-state index contributed by atoms with van der Waals surface area (Å²) in [4.78, 5) is 12.4. The van der Waals surface area contributed by atoms with Crippen molar-refractivity contribution in [3.63, 3.8) is 0 Å². The second kappa shape index (κ2) is 8.19. The number of amides is 1. The molecule has 0 aliphatic rings. The van der Waals surface area contributed by atoms with E-state index < -0.39 is 0 Å². The fourth-order valence-corrected chi connectivity index (χ4v) is 3.22. The first-order valence-electron chi connectivity index (χ1n) is 7.98. The molecule has 0 saturated heterocycles. The van der Waals surface area contributed by atoms with Crippen molar-refractivity contribution in [2.24, 2.45) is 0 Å². The molecule has 4 heteroatoms. The number of carbonyl (C=O) groups excluding carboxylic acids is 1. The molecule has 3 rings (SSSR count). The standard InChI is InChI=1S/C21H17Cl2NO/c22-19-11-6-12-20(23)18(19)13-15-7-4-5-8-16(15)14-21(25)24-17-9-2-1-3-10-17/h1-12H,13-14H2,(H,24,25). The summed E-state index contributed by atoms with van der Waals surface area (Å²) in [5.74, 6) is -0.0519. The average Bonchev–Trinajstić information content (AvgIpc) is 2.60. The van der Waals surface area contributed by atoms with Crippen LogP contribution in [0.5, 0.6) is 0 Å². The van der Waals surface area contributed by atoms with E-state index in [0.717, 1.165) is 22.4 Å². The van der Waals surface area contributed by atoms with Gasteiger partial charge in [0.1, 0.15) is 0 Å². The lowest BCUT2D eigenvalue weighted by Gasteiger charge is -2.12. The Kier molecular flexibility index (Phi) is 5.75. The number of benzene rings is 3. The molecule has 1 amide bonds. The number of rotatable bonds is 5. The van der Waals surface area contributed by atoms with Gasteiger partial charge in [-0.25, -0.2) is 0 Å². The van der Waals surface area contributed by atoms with Crippen molar-refractivity contribution in [3.05, 3.63) is 99.5 Å². The van der Waals surface area contributed by atoms with Gasteiger partial charge in [0.15, 0.2) is 0 Å². The third-order valence-corrected chi connectivity index (χ3v) is 4.66. The Labute approximate surface area is 157 Å². The predicted molar refractivity (Wildman–Crippen MR) is 104 cm³/mol. The summed E-state index contributed by atoms with van der Waals surface area (Å²) in [5.41, 5.74) is 3.67. The van der Waals surface area contributed by atoms with E-state index >= 15 is 0 Å². The zero-order valence-electron chi connectivity index (χ0n) is 13.5. The van der Waals surface area contributed by atoms with Crippen LogP contribution in [-0.4, -0.2) is 5.91 Å². The van der Waals surface area contributed by atoms with Crippen LogP contribution < -0.4 is 5.32 Å². The number of halogens is 2. The first-order valence-corrected chi connectivity index (χ1v) is 8.73. The monoisotopic (exact) mass is 369 g/mol. The molecule has 0 heterocycles. The van der Waals surface area contributed by atoms with E-state index in [-0.39, 0.29) is 5.91 Å². The quantitative estimate of drug-likeness (QED) is 0.607. The first kappa shape index (κ1) is 17.5. The van der Waals surface area contributed by atoms with Crippen molar-refractivity contribution in [2.45, 2.75) is 12.8 Å². The molecular weight excluding hydrogens is 353 g/mol. The van der Waals surface area contributed by atoms with Gasteiger partial charge in [0.25, 0.3) is 0 Å². The third-order valence-electron chi connectivity index (χ3n) is 3.96. The highest BCUT2D eigenvalue weighted by atomic mass is 35.5. The van der Waals surface area contributed by atoms with Gasteiger partial charge in [0.2, 0.25) is 5.91 Å². The van der Waals surface area contributed by atoms with Crippen LogP contribution in [0.25, 0.3) is 0 Å². The molecule has 0 radical (unpaired) electrons. The maximum absolute atomic E-state index is 12.4. The van der Waals surface area contributed by atoms with E-state index in [0.29, 0.717) is 22.9 Å². The average molecular weight is 370 g/mol. The van der Waals surface area contributed by atoms with E-state index in [1.807, 2.05) is 72.8 Å². The van der Waals surface area contributed by atoms with Gasteiger partial charge in [-0.3, -0.25) is 4.79 Å². The van der Waals surface area contributed by atoms with E-state index in [4.69, 9.17) is 23.2 Å². The Morgan fingerprint density at radius 3 is 2.04 bits per heavy atom. The minimum atomic E-state index is -0.0519. The predicted octanol–water partition coefficient (Wildman–Crippen LogP) is 5.77. The van der Waals surface area contributed by atoms with E-state index in [1.165, 1.54) is 0 Å². The molecule has 0 unspecified atom stereocenters. The van der Waals surface area contributed by atoms with Crippen LogP contribution in [0.4, 0.5) is 5.69 Å². The summed E-state index contributed by atoms with van der Waals surface area (Å²) >= 11 is 12.6. The highest BCUT2D eigenvalue weighted by molar-refractivity contribution is 6.36. The Morgan fingerprint density at radius 1 is 0.760 bits per heavy atom. The van der Waals surface area contributed by atoms with Crippen LogP contribution in [0.2, 0.25) is 10.0 Å². The summed E-state index contributed by atoms with van der Waals surface area (Å²) < 4.78 is 0. The number of hydrogen-bond donors (Lipinski definition) is 1. The van der Waals surface area contributed by atoms with Gasteiger partial charge < -0.3 is 5.32 Å². The molecule has 0 fully saturated rings. The molecule has 2 nitrogen and oxygen atoms in total. The SMILES string of the molecule is O=C(Cc1ccccc1Cc1c(Cl)cccc1Cl)Nc1ccccc1. The molecule has 0 atom stereocenters. The van der Waals surface area contributed by atoms with Gasteiger partial charge in [-0.05, 0) is 41.0 Å². The molecule has 0 aliphatic heterocycles. The molecule has 0 aromatic heterocycles. The van der Waals surface area contributed by atoms with Crippen LogP contribution >= 0.6 is 23.2 Å². The molecule has 126 valence electrons. The minimum Gasteiger partial charge on any atom is -0.326 e. The van der Waals surface area contributed by atoms with E-state index in [1.54, 1.807) is 0 Å². The number of carbonyl (C=O) groups is 1. The number of hydrogen-bond acceptors (Lipinski definition) is 1. The van der Waals surface area contributed by atoms with E-state index in [2.05, 4.69) is 5.32 Å². The molecule has 1 N–H and O–H groups in total. The summed E-state index contributed by atoms with van der Waals surface area (Å²) in [6, 6.07) is 22.8. The summed E-state index contributed by atoms with van der Waals surface area (Å²) in [6.07, 6.45) is 0.889. The Morgan fingerprint density at radius 2 is 1.36 bits per heavy atom. The van der Waals surface area contributed by atoms with Crippen molar-refractivity contribution in [1.29, 1.82) is 0 Å². The smallest absolute Gasteiger partial charge is 0.228 e. The summed E-state index contributed by atoms with van der Waals surface area (Å²) in [6.45, 7) is 0. The van der Waals surface area contributed by atoms with Gasteiger partial charge >= 0.3 is 0 Å². The number of anilines is 1. The molecule has 0 aliphatic carbocycles. The molecule has 3 aromatic carbocycles. The Balaban J connectivity index is 1.78. The second-order valence-electron chi connectivity index (χ2n) is 5.74. The topological polar surface area (TPSA) is 29.1 Å². The fraction of sp³-hybridized carbons (Fsp3) is 0.0952. The van der Waals surface area contributed by atoms with Crippen LogP contribution in [0.1, 0.15) is 16.7 Å². The van der Waals surface area contributed by atoms with Gasteiger partial charge in [-0.15, -0.1) is 0 Å². The van der Waals surface area contributed by atoms with Gasteiger partial charge in [0, 0.05) is 22.2 Å². The van der Waals surface area contributed by atoms with Crippen LogP contribution in [-0.2, 0) is 17.6 Å². The zero-order chi connectivity index (χ0) is 17.6.